The number of hydrogen-bond donors (Lipinski definition) is 1. The highest BCUT2D eigenvalue weighted by Crippen LogP contribution is 2.25. The SMILES string of the molecule is Cc1nnsc1-c1nc2ccc(C#N)cc2[nH]1. The van der Waals surface area contributed by atoms with Gasteiger partial charge in [0.1, 0.15) is 4.88 Å². The summed E-state index contributed by atoms with van der Waals surface area (Å²) in [6.07, 6.45) is 0. The number of nitrogens with zero attached hydrogens (tertiary/aromatic N) is 4. The highest BCUT2D eigenvalue weighted by atomic mass is 32.1. The maximum absolute atomic E-state index is 8.83. The van der Waals surface area contributed by atoms with Crippen LogP contribution in [0, 0.1) is 18.3 Å². The molecule has 0 saturated heterocycles. The van der Waals surface area contributed by atoms with Crippen LogP contribution in [0.5, 0.6) is 0 Å². The molecule has 2 aromatic heterocycles. The van der Waals surface area contributed by atoms with E-state index in [-0.39, 0.29) is 0 Å². The number of rotatable bonds is 1. The second-order valence-electron chi connectivity index (χ2n) is 3.62. The van der Waals surface area contributed by atoms with E-state index in [0.29, 0.717) is 5.56 Å². The summed E-state index contributed by atoms with van der Waals surface area (Å²) in [4.78, 5) is 8.57. The number of nitrogens with one attached hydrogen (secondary N) is 1. The molecular weight excluding hydrogens is 234 g/mol. The second-order valence-corrected chi connectivity index (χ2v) is 4.37. The smallest absolute Gasteiger partial charge is 0.152 e. The van der Waals surface area contributed by atoms with E-state index in [2.05, 4.69) is 25.6 Å². The van der Waals surface area contributed by atoms with Gasteiger partial charge in [-0.25, -0.2) is 4.98 Å². The molecule has 0 unspecified atom stereocenters. The Bertz CT molecular complexity index is 734. The first-order chi connectivity index (χ1) is 8.28. The number of aryl methyl sites for hydroxylation is 1. The van der Waals surface area contributed by atoms with Crippen LogP contribution in [-0.4, -0.2) is 19.6 Å². The molecule has 82 valence electrons. The summed E-state index contributed by atoms with van der Waals surface area (Å²) in [5.74, 6) is 0.752. The van der Waals surface area contributed by atoms with Crippen LogP contribution in [0.2, 0.25) is 0 Å². The van der Waals surface area contributed by atoms with Crippen LogP contribution in [0.4, 0.5) is 0 Å². The maximum atomic E-state index is 8.83. The minimum Gasteiger partial charge on any atom is -0.337 e. The molecule has 0 aliphatic carbocycles. The summed E-state index contributed by atoms with van der Waals surface area (Å²) in [6.45, 7) is 1.90. The summed E-state index contributed by atoms with van der Waals surface area (Å²) in [7, 11) is 0. The van der Waals surface area contributed by atoms with Gasteiger partial charge in [0.2, 0.25) is 0 Å². The molecule has 0 aliphatic heterocycles. The van der Waals surface area contributed by atoms with Crippen LogP contribution in [0.15, 0.2) is 18.2 Å². The van der Waals surface area contributed by atoms with Crippen molar-refractivity contribution in [2.24, 2.45) is 0 Å². The number of benzene rings is 1. The molecule has 0 atom stereocenters. The Morgan fingerprint density at radius 3 is 3.00 bits per heavy atom. The predicted molar refractivity (Wildman–Crippen MR) is 64.4 cm³/mol. The minimum absolute atomic E-state index is 0.617. The van der Waals surface area contributed by atoms with Gasteiger partial charge in [-0.1, -0.05) is 4.49 Å². The van der Waals surface area contributed by atoms with E-state index < -0.39 is 0 Å². The highest BCUT2D eigenvalue weighted by molar-refractivity contribution is 7.09. The molecule has 3 rings (SSSR count). The molecule has 0 bridgehead atoms. The zero-order chi connectivity index (χ0) is 11.8. The fourth-order valence-electron chi connectivity index (χ4n) is 1.64. The third-order valence-electron chi connectivity index (χ3n) is 2.48. The van der Waals surface area contributed by atoms with Crippen molar-refractivity contribution in [3.05, 3.63) is 29.5 Å². The number of imidazole rings is 1. The molecule has 1 aromatic carbocycles. The van der Waals surface area contributed by atoms with Gasteiger partial charge < -0.3 is 4.98 Å². The summed E-state index contributed by atoms with van der Waals surface area (Å²) in [5, 5.41) is 12.8. The lowest BCUT2D eigenvalue weighted by Gasteiger charge is -1.88. The summed E-state index contributed by atoms with van der Waals surface area (Å²) in [6, 6.07) is 7.48. The molecule has 0 aliphatic rings. The van der Waals surface area contributed by atoms with Crippen molar-refractivity contribution in [3.8, 4) is 16.8 Å². The first-order valence-corrected chi connectivity index (χ1v) is 5.74. The van der Waals surface area contributed by atoms with Gasteiger partial charge in [0.05, 0.1) is 28.4 Å². The molecule has 1 N–H and O–H groups in total. The van der Waals surface area contributed by atoms with E-state index in [1.807, 2.05) is 13.0 Å². The normalized spacial score (nSPS) is 10.6. The fraction of sp³-hybridized carbons (Fsp3) is 0.0909. The van der Waals surface area contributed by atoms with Gasteiger partial charge in [0.15, 0.2) is 5.82 Å². The molecule has 0 fully saturated rings. The second kappa shape index (κ2) is 3.64. The van der Waals surface area contributed by atoms with Gasteiger partial charge in [0.25, 0.3) is 0 Å². The molecule has 3 aromatic rings. The Hall–Kier alpha value is -2.26. The first-order valence-electron chi connectivity index (χ1n) is 4.97. The van der Waals surface area contributed by atoms with Crippen LogP contribution < -0.4 is 0 Å². The van der Waals surface area contributed by atoms with E-state index in [1.54, 1.807) is 12.1 Å². The van der Waals surface area contributed by atoms with Gasteiger partial charge >= 0.3 is 0 Å². The zero-order valence-electron chi connectivity index (χ0n) is 8.93. The Balaban J connectivity index is 2.21. The van der Waals surface area contributed by atoms with Crippen LogP contribution in [0.3, 0.4) is 0 Å². The Labute approximate surface area is 101 Å². The summed E-state index contributed by atoms with van der Waals surface area (Å²) in [5.41, 5.74) is 3.17. The third kappa shape index (κ3) is 1.57. The molecule has 2 heterocycles. The molecule has 6 heteroatoms. The van der Waals surface area contributed by atoms with Crippen LogP contribution in [0.1, 0.15) is 11.3 Å². The van der Waals surface area contributed by atoms with E-state index >= 15 is 0 Å². The molecule has 0 saturated carbocycles. The zero-order valence-corrected chi connectivity index (χ0v) is 9.75. The van der Waals surface area contributed by atoms with E-state index in [1.165, 1.54) is 11.5 Å². The van der Waals surface area contributed by atoms with Crippen LogP contribution in [-0.2, 0) is 0 Å². The summed E-state index contributed by atoms with van der Waals surface area (Å²) >= 11 is 1.31. The van der Waals surface area contributed by atoms with Crippen molar-refractivity contribution >= 4 is 22.6 Å². The molecule has 17 heavy (non-hydrogen) atoms. The molecular formula is C11H7N5S. The minimum atomic E-state index is 0.617. The Kier molecular flexibility index (Phi) is 2.13. The van der Waals surface area contributed by atoms with Gasteiger partial charge in [0, 0.05) is 0 Å². The maximum Gasteiger partial charge on any atom is 0.152 e. The number of nitriles is 1. The quantitative estimate of drug-likeness (QED) is 0.708. The molecule has 0 radical (unpaired) electrons. The van der Waals surface area contributed by atoms with E-state index in [4.69, 9.17) is 5.26 Å². The number of fused-ring (bicyclic) bond motifs is 1. The van der Waals surface area contributed by atoms with E-state index in [9.17, 15) is 0 Å². The van der Waals surface area contributed by atoms with Crippen molar-refractivity contribution in [1.29, 1.82) is 5.26 Å². The molecule has 0 amide bonds. The lowest BCUT2D eigenvalue weighted by Crippen LogP contribution is -1.79. The third-order valence-corrected chi connectivity index (χ3v) is 3.31. The fourth-order valence-corrected chi connectivity index (χ4v) is 2.24. The largest absolute Gasteiger partial charge is 0.337 e. The highest BCUT2D eigenvalue weighted by Gasteiger charge is 2.11. The van der Waals surface area contributed by atoms with Gasteiger partial charge in [-0.05, 0) is 36.7 Å². The standard InChI is InChI=1S/C11H7N5S/c1-6-10(17-16-15-6)11-13-8-3-2-7(5-12)4-9(8)14-11/h2-4H,1H3,(H,13,14). The van der Waals surface area contributed by atoms with Crippen molar-refractivity contribution < 1.29 is 0 Å². The van der Waals surface area contributed by atoms with Gasteiger partial charge in [-0.15, -0.1) is 5.10 Å². The van der Waals surface area contributed by atoms with Gasteiger partial charge in [-0.2, -0.15) is 5.26 Å². The summed E-state index contributed by atoms with van der Waals surface area (Å²) < 4.78 is 3.88. The topological polar surface area (TPSA) is 78.2 Å². The molecule has 5 nitrogen and oxygen atoms in total. The Morgan fingerprint density at radius 2 is 2.29 bits per heavy atom. The average Bonchev–Trinajstić information content (AvgIpc) is 2.93. The van der Waals surface area contributed by atoms with Crippen molar-refractivity contribution in [2.75, 3.05) is 0 Å². The van der Waals surface area contributed by atoms with Crippen molar-refractivity contribution in [1.82, 2.24) is 19.6 Å². The predicted octanol–water partition coefficient (Wildman–Crippen LogP) is 2.26. The number of H-pyrrole nitrogens is 1. The van der Waals surface area contributed by atoms with Crippen LogP contribution >= 0.6 is 11.5 Å². The number of aromatic amines is 1. The van der Waals surface area contributed by atoms with Crippen molar-refractivity contribution in [2.45, 2.75) is 6.92 Å². The average molecular weight is 241 g/mol. The number of hydrogen-bond acceptors (Lipinski definition) is 5. The van der Waals surface area contributed by atoms with Crippen LogP contribution in [0.25, 0.3) is 21.7 Å². The van der Waals surface area contributed by atoms with E-state index in [0.717, 1.165) is 27.4 Å². The lowest BCUT2D eigenvalue weighted by atomic mass is 10.2. The number of aromatic nitrogens is 4. The van der Waals surface area contributed by atoms with Crippen molar-refractivity contribution in [3.63, 3.8) is 0 Å². The van der Waals surface area contributed by atoms with Gasteiger partial charge in [-0.3, -0.25) is 0 Å². The lowest BCUT2D eigenvalue weighted by molar-refractivity contribution is 1.09. The molecule has 0 spiro atoms. The monoisotopic (exact) mass is 241 g/mol. The first kappa shape index (κ1) is 9.93. The Morgan fingerprint density at radius 1 is 1.41 bits per heavy atom.